The molecule has 6 nitrogen and oxygen atoms in total. The fraction of sp³-hybridized carbons (Fsp3) is 0.312. The van der Waals surface area contributed by atoms with E-state index in [-0.39, 0.29) is 10.9 Å². The van der Waals surface area contributed by atoms with Gasteiger partial charge in [0, 0.05) is 19.9 Å². The Morgan fingerprint density at radius 3 is 2.62 bits per heavy atom. The summed E-state index contributed by atoms with van der Waals surface area (Å²) >= 11 is 12.4. The Kier molecular flexibility index (Phi) is 5.85. The van der Waals surface area contributed by atoms with Crippen LogP contribution in [0.25, 0.3) is 10.9 Å². The third kappa shape index (κ3) is 3.39. The van der Waals surface area contributed by atoms with Gasteiger partial charge in [0.15, 0.2) is 0 Å². The number of hydrogen-bond acceptors (Lipinski definition) is 5. The third-order valence-corrected chi connectivity index (χ3v) is 4.15. The van der Waals surface area contributed by atoms with E-state index in [0.717, 1.165) is 0 Å². The summed E-state index contributed by atoms with van der Waals surface area (Å²) in [6.45, 7) is 3.81. The summed E-state index contributed by atoms with van der Waals surface area (Å²) in [6, 6.07) is 3.22. The zero-order valence-corrected chi connectivity index (χ0v) is 15.2. The number of halogens is 2. The summed E-state index contributed by atoms with van der Waals surface area (Å²) in [6.07, 6.45) is 2.53. The van der Waals surface area contributed by atoms with Crippen molar-refractivity contribution in [1.29, 1.82) is 0 Å². The molecule has 128 valence electrons. The topological polar surface area (TPSA) is 85.3 Å². The Morgan fingerprint density at radius 2 is 2.04 bits per heavy atom. The predicted octanol–water partition coefficient (Wildman–Crippen LogP) is 2.90. The molecule has 1 heterocycles. The smallest absolute Gasteiger partial charge is 0.268 e. The molecule has 0 aliphatic carbocycles. The molecule has 24 heavy (non-hydrogen) atoms. The van der Waals surface area contributed by atoms with Crippen molar-refractivity contribution < 1.29 is 0 Å². The molecule has 2 aromatic rings. The van der Waals surface area contributed by atoms with Crippen LogP contribution in [0.2, 0.25) is 10.0 Å². The highest BCUT2D eigenvalue weighted by atomic mass is 35.5. The van der Waals surface area contributed by atoms with Crippen molar-refractivity contribution in [2.75, 3.05) is 7.05 Å². The van der Waals surface area contributed by atoms with Crippen molar-refractivity contribution in [2.24, 2.45) is 10.7 Å². The number of nitrogens with one attached hydrogen (secondary N) is 1. The summed E-state index contributed by atoms with van der Waals surface area (Å²) in [4.78, 5) is 21.9. The first-order valence-corrected chi connectivity index (χ1v) is 8.30. The number of aryl methyl sites for hydroxylation is 1. The molecular formula is C16H19Cl2N5O. The average molecular weight is 368 g/mol. The summed E-state index contributed by atoms with van der Waals surface area (Å²) < 4.78 is 1.48. The summed E-state index contributed by atoms with van der Waals surface area (Å²) in [7, 11) is 1.69. The maximum atomic E-state index is 13.0. The Labute approximate surface area is 150 Å². The highest BCUT2D eigenvalue weighted by molar-refractivity contribution is 6.39. The lowest BCUT2D eigenvalue weighted by atomic mass is 10.2. The average Bonchev–Trinajstić information content (AvgIpc) is 2.59. The van der Waals surface area contributed by atoms with E-state index in [1.54, 1.807) is 19.2 Å². The minimum Gasteiger partial charge on any atom is -0.384 e. The zero-order valence-electron chi connectivity index (χ0n) is 13.7. The van der Waals surface area contributed by atoms with Gasteiger partial charge in [0.25, 0.3) is 5.56 Å². The molecule has 0 spiro atoms. The molecule has 0 saturated heterocycles. The van der Waals surface area contributed by atoms with Gasteiger partial charge in [-0.2, -0.15) is 0 Å². The van der Waals surface area contributed by atoms with Crippen LogP contribution in [0.3, 0.4) is 0 Å². The number of nitrogens with two attached hydrogens (primary N) is 1. The number of aliphatic imine (C=N–C) groups is 1. The fourth-order valence-electron chi connectivity index (χ4n) is 2.28. The lowest BCUT2D eigenvalue weighted by molar-refractivity contribution is 0.848. The van der Waals surface area contributed by atoms with Crippen LogP contribution < -0.4 is 16.6 Å². The first-order chi connectivity index (χ1) is 11.4. The molecule has 0 radical (unpaired) electrons. The third-order valence-electron chi connectivity index (χ3n) is 3.53. The minimum atomic E-state index is -0.290. The van der Waals surface area contributed by atoms with E-state index in [4.69, 9.17) is 28.9 Å². The molecule has 1 aromatic carbocycles. The van der Waals surface area contributed by atoms with Crippen LogP contribution in [-0.2, 0) is 6.42 Å². The molecule has 0 bridgehead atoms. The van der Waals surface area contributed by atoms with Crippen LogP contribution in [-0.4, -0.2) is 22.4 Å². The molecule has 8 heteroatoms. The Balaban J connectivity index is 2.85. The molecule has 0 aliphatic heterocycles. The molecule has 2 rings (SSSR count). The van der Waals surface area contributed by atoms with Crippen molar-refractivity contribution in [3.63, 3.8) is 0 Å². The largest absolute Gasteiger partial charge is 0.384 e. The number of benzene rings is 1. The van der Waals surface area contributed by atoms with Crippen LogP contribution in [0, 0.1) is 0 Å². The number of aromatic nitrogens is 2. The number of hydrogen-bond donors (Lipinski definition) is 2. The van der Waals surface area contributed by atoms with Crippen LogP contribution in [0.1, 0.15) is 26.1 Å². The van der Waals surface area contributed by atoms with Crippen LogP contribution in [0.4, 0.5) is 0 Å². The first-order valence-electron chi connectivity index (χ1n) is 7.54. The summed E-state index contributed by atoms with van der Waals surface area (Å²) in [5.41, 5.74) is 5.81. The van der Waals surface area contributed by atoms with Crippen molar-refractivity contribution >= 4 is 39.9 Å². The first kappa shape index (κ1) is 18.3. The highest BCUT2D eigenvalue weighted by Gasteiger charge is 2.17. The molecule has 3 N–H and O–H groups in total. The Hall–Kier alpha value is -2.05. The minimum absolute atomic E-state index is 0.285. The molecule has 0 amide bonds. The molecule has 1 aromatic heterocycles. The highest BCUT2D eigenvalue weighted by Crippen LogP contribution is 2.26. The Morgan fingerprint density at radius 1 is 1.38 bits per heavy atom. The normalized spacial score (nSPS) is 12.7. The SMILES string of the molecule is CCC(=N/C=C(/N)NC)n1c(CC)nc2c(Cl)ccc(Cl)c2c1=O. The second kappa shape index (κ2) is 7.68. The van der Waals surface area contributed by atoms with E-state index < -0.39 is 0 Å². The van der Waals surface area contributed by atoms with Gasteiger partial charge in [0.05, 0.1) is 27.1 Å². The van der Waals surface area contributed by atoms with Gasteiger partial charge < -0.3 is 11.1 Å². The second-order valence-corrected chi connectivity index (χ2v) is 5.82. The van der Waals surface area contributed by atoms with Crippen molar-refractivity contribution in [3.05, 3.63) is 50.4 Å². The Bertz CT molecular complexity index is 886. The molecule has 0 unspecified atom stereocenters. The monoisotopic (exact) mass is 367 g/mol. The standard InChI is InChI=1S/C16H19Cl2N5O/c1-4-12(21-8-11(19)20-3)23-13(5-2)22-15-10(18)7-6-9(17)14(15)16(23)24/h6-8,20H,4-5,19H2,1-3H3/b11-8-,21-12?. The second-order valence-electron chi connectivity index (χ2n) is 5.01. The van der Waals surface area contributed by atoms with Gasteiger partial charge in [0.1, 0.15) is 17.5 Å². The van der Waals surface area contributed by atoms with E-state index in [2.05, 4.69) is 15.3 Å². The number of nitrogens with zero attached hydrogens (tertiary/aromatic N) is 3. The van der Waals surface area contributed by atoms with Gasteiger partial charge in [-0.1, -0.05) is 37.0 Å². The number of rotatable bonds is 4. The molecule has 0 fully saturated rings. The van der Waals surface area contributed by atoms with Gasteiger partial charge in [-0.3, -0.25) is 9.36 Å². The molecule has 0 saturated carbocycles. The quantitative estimate of drug-likeness (QED) is 0.642. The van der Waals surface area contributed by atoms with Gasteiger partial charge in [-0.05, 0) is 12.1 Å². The van der Waals surface area contributed by atoms with E-state index in [9.17, 15) is 4.79 Å². The summed E-state index contributed by atoms with van der Waals surface area (Å²) in [5, 5.41) is 3.76. The van der Waals surface area contributed by atoms with Crippen molar-refractivity contribution in [3.8, 4) is 0 Å². The fourth-order valence-corrected chi connectivity index (χ4v) is 2.71. The van der Waals surface area contributed by atoms with Gasteiger partial charge in [0.2, 0.25) is 0 Å². The number of fused-ring (bicyclic) bond motifs is 1. The lowest BCUT2D eigenvalue weighted by Crippen LogP contribution is -2.31. The maximum Gasteiger partial charge on any atom is 0.268 e. The zero-order chi connectivity index (χ0) is 17.9. The van der Waals surface area contributed by atoms with Gasteiger partial charge in [-0.25, -0.2) is 9.98 Å². The van der Waals surface area contributed by atoms with Crippen LogP contribution in [0.15, 0.2) is 33.9 Å². The maximum absolute atomic E-state index is 13.0. The van der Waals surface area contributed by atoms with Gasteiger partial charge >= 0.3 is 0 Å². The lowest BCUT2D eigenvalue weighted by Gasteiger charge is -2.14. The van der Waals surface area contributed by atoms with Crippen LogP contribution in [0.5, 0.6) is 0 Å². The van der Waals surface area contributed by atoms with E-state index >= 15 is 0 Å². The molecule has 0 aliphatic rings. The van der Waals surface area contributed by atoms with Gasteiger partial charge in [-0.15, -0.1) is 0 Å². The van der Waals surface area contributed by atoms with Crippen molar-refractivity contribution in [1.82, 2.24) is 14.9 Å². The van der Waals surface area contributed by atoms with E-state index in [0.29, 0.717) is 45.9 Å². The molecule has 0 atom stereocenters. The predicted molar refractivity (Wildman–Crippen MR) is 99.9 cm³/mol. The van der Waals surface area contributed by atoms with E-state index in [1.165, 1.54) is 10.8 Å². The molecular weight excluding hydrogens is 349 g/mol. The van der Waals surface area contributed by atoms with Crippen LogP contribution >= 0.6 is 23.2 Å². The summed E-state index contributed by atoms with van der Waals surface area (Å²) in [5.74, 6) is 1.48. The van der Waals surface area contributed by atoms with E-state index in [1.807, 2.05) is 13.8 Å². The van der Waals surface area contributed by atoms with Crippen molar-refractivity contribution in [2.45, 2.75) is 26.7 Å².